The Bertz CT molecular complexity index is 518. The number of aliphatic hydroxyl groups excluding tert-OH is 1. The fourth-order valence-electron chi connectivity index (χ4n) is 6.39. The molecular weight excluding hydrogens is 432 g/mol. The molecule has 3 rings (SSSR count). The maximum absolute atomic E-state index is 11.4. The van der Waals surface area contributed by atoms with Gasteiger partial charge in [0.25, 0.3) is 0 Å². The third kappa shape index (κ3) is 2.53. The molecule has 0 radical (unpaired) electrons. The molecular formula is C20H32Br2O2. The van der Waals surface area contributed by atoms with Gasteiger partial charge >= 0.3 is 0 Å². The number of halogens is 2. The molecule has 0 saturated heterocycles. The Balaban J connectivity index is 2.13. The predicted molar refractivity (Wildman–Crippen MR) is 107 cm³/mol. The second-order valence-corrected chi connectivity index (χ2v) is 11.0. The highest BCUT2D eigenvalue weighted by Crippen LogP contribution is 2.67. The second-order valence-electron chi connectivity index (χ2n) is 9.34. The first-order chi connectivity index (χ1) is 11.1. The van der Waals surface area contributed by atoms with Gasteiger partial charge in [0, 0.05) is 16.1 Å². The van der Waals surface area contributed by atoms with Crippen molar-refractivity contribution in [3.05, 3.63) is 12.2 Å². The van der Waals surface area contributed by atoms with Crippen molar-refractivity contribution in [3.8, 4) is 0 Å². The SMILES string of the molecule is CC(C)C1CC=C[C@H]2[C@@H]3[C@](C)(O)[C@@H](O)C[C@H](Br)[C@@]3(C)CC[C@]12CBr. The van der Waals surface area contributed by atoms with E-state index in [1.807, 2.05) is 6.92 Å². The molecule has 2 nitrogen and oxygen atoms in total. The van der Waals surface area contributed by atoms with Crippen LogP contribution in [-0.2, 0) is 0 Å². The summed E-state index contributed by atoms with van der Waals surface area (Å²) in [4.78, 5) is 0.256. The molecule has 3 aliphatic rings. The number of hydrogen-bond acceptors (Lipinski definition) is 2. The van der Waals surface area contributed by atoms with Crippen LogP contribution in [0.2, 0.25) is 0 Å². The van der Waals surface area contributed by atoms with Crippen molar-refractivity contribution in [2.45, 2.75) is 69.9 Å². The highest BCUT2D eigenvalue weighted by atomic mass is 79.9. The molecule has 2 N–H and O–H groups in total. The van der Waals surface area contributed by atoms with Gasteiger partial charge in [-0.1, -0.05) is 64.8 Å². The Hall–Kier alpha value is 0.620. The lowest BCUT2D eigenvalue weighted by atomic mass is 9.42. The van der Waals surface area contributed by atoms with E-state index in [1.54, 1.807) is 0 Å². The zero-order valence-electron chi connectivity index (χ0n) is 15.3. The zero-order valence-corrected chi connectivity index (χ0v) is 18.5. The number of rotatable bonds is 2. The van der Waals surface area contributed by atoms with E-state index in [1.165, 1.54) is 6.42 Å². The summed E-state index contributed by atoms with van der Waals surface area (Å²) in [6.45, 7) is 8.86. The van der Waals surface area contributed by atoms with Crippen molar-refractivity contribution in [2.24, 2.45) is 34.5 Å². The van der Waals surface area contributed by atoms with Crippen molar-refractivity contribution in [2.75, 3.05) is 5.33 Å². The van der Waals surface area contributed by atoms with Gasteiger partial charge < -0.3 is 10.2 Å². The second kappa shape index (κ2) is 6.35. The summed E-state index contributed by atoms with van der Waals surface area (Å²) < 4.78 is 0. The maximum Gasteiger partial charge on any atom is 0.0917 e. The molecule has 0 aliphatic heterocycles. The Labute approximate surface area is 163 Å². The molecule has 3 aliphatic carbocycles. The number of fused-ring (bicyclic) bond motifs is 3. The summed E-state index contributed by atoms with van der Waals surface area (Å²) in [6.07, 6.45) is 8.10. The molecule has 2 saturated carbocycles. The molecule has 0 aromatic rings. The van der Waals surface area contributed by atoms with Crippen LogP contribution in [0.4, 0.5) is 0 Å². The lowest BCUT2D eigenvalue weighted by molar-refractivity contribution is -0.214. The van der Waals surface area contributed by atoms with Gasteiger partial charge in [-0.3, -0.25) is 0 Å². The molecule has 8 atom stereocenters. The predicted octanol–water partition coefficient (Wildman–Crippen LogP) is 4.91. The Morgan fingerprint density at radius 3 is 2.50 bits per heavy atom. The van der Waals surface area contributed by atoms with Crippen molar-refractivity contribution < 1.29 is 10.2 Å². The first-order valence-electron chi connectivity index (χ1n) is 9.38. The minimum absolute atomic E-state index is 0.0161. The summed E-state index contributed by atoms with van der Waals surface area (Å²) >= 11 is 7.74. The number of aliphatic hydroxyl groups is 2. The molecule has 4 heteroatoms. The van der Waals surface area contributed by atoms with E-state index in [-0.39, 0.29) is 21.6 Å². The van der Waals surface area contributed by atoms with E-state index in [4.69, 9.17) is 0 Å². The van der Waals surface area contributed by atoms with Crippen molar-refractivity contribution in [3.63, 3.8) is 0 Å². The Morgan fingerprint density at radius 2 is 1.92 bits per heavy atom. The molecule has 1 unspecified atom stereocenters. The maximum atomic E-state index is 11.4. The fourth-order valence-corrected chi connectivity index (χ4v) is 8.33. The first kappa shape index (κ1) is 19.4. The molecule has 138 valence electrons. The van der Waals surface area contributed by atoms with Crippen LogP contribution in [0.3, 0.4) is 0 Å². The van der Waals surface area contributed by atoms with E-state index >= 15 is 0 Å². The summed E-state index contributed by atoms with van der Waals surface area (Å²) in [5.41, 5.74) is -0.843. The minimum Gasteiger partial charge on any atom is -0.390 e. The van der Waals surface area contributed by atoms with E-state index in [9.17, 15) is 10.2 Å². The monoisotopic (exact) mass is 462 g/mol. The van der Waals surface area contributed by atoms with Crippen LogP contribution in [0.25, 0.3) is 0 Å². The van der Waals surface area contributed by atoms with E-state index < -0.39 is 11.7 Å². The van der Waals surface area contributed by atoms with Gasteiger partial charge in [-0.05, 0) is 61.2 Å². The van der Waals surface area contributed by atoms with Gasteiger partial charge in [-0.2, -0.15) is 0 Å². The lowest BCUT2D eigenvalue weighted by Crippen LogP contribution is -2.68. The van der Waals surface area contributed by atoms with E-state index in [2.05, 4.69) is 64.8 Å². The number of allylic oxidation sites excluding steroid dienone is 2. The third-order valence-corrected chi connectivity index (χ3v) is 10.3. The van der Waals surface area contributed by atoms with Crippen LogP contribution in [0.15, 0.2) is 12.2 Å². The van der Waals surface area contributed by atoms with Crippen LogP contribution < -0.4 is 0 Å². The minimum atomic E-state index is -1.04. The molecule has 0 aromatic carbocycles. The number of hydrogen-bond donors (Lipinski definition) is 2. The summed E-state index contributed by atoms with van der Waals surface area (Å²) in [5.74, 6) is 1.63. The summed E-state index contributed by atoms with van der Waals surface area (Å²) in [6, 6.07) is 0. The highest BCUT2D eigenvalue weighted by molar-refractivity contribution is 9.09. The van der Waals surface area contributed by atoms with Crippen LogP contribution in [-0.4, -0.2) is 32.1 Å². The molecule has 0 spiro atoms. The van der Waals surface area contributed by atoms with Gasteiger partial charge in [0.15, 0.2) is 0 Å². The normalized spacial score (nSPS) is 54.5. The fraction of sp³-hybridized carbons (Fsp3) is 0.900. The largest absolute Gasteiger partial charge is 0.390 e. The van der Waals surface area contributed by atoms with Crippen LogP contribution in [0.1, 0.15) is 53.4 Å². The first-order valence-corrected chi connectivity index (χ1v) is 11.4. The van der Waals surface area contributed by atoms with Gasteiger partial charge in [-0.25, -0.2) is 0 Å². The lowest BCUT2D eigenvalue weighted by Gasteiger charge is -2.66. The molecule has 0 heterocycles. The van der Waals surface area contributed by atoms with Gasteiger partial charge in [-0.15, -0.1) is 0 Å². The number of alkyl halides is 2. The average molecular weight is 464 g/mol. The van der Waals surface area contributed by atoms with Crippen molar-refractivity contribution in [1.29, 1.82) is 0 Å². The highest BCUT2D eigenvalue weighted by Gasteiger charge is 2.66. The third-order valence-electron chi connectivity index (χ3n) is 7.84. The zero-order chi connectivity index (χ0) is 17.9. The van der Waals surface area contributed by atoms with Gasteiger partial charge in [0.05, 0.1) is 11.7 Å². The standard InChI is InChI=1S/C20H32Br2O2/c1-12(2)13-6-5-7-14-17-18(3,8-9-20(13,14)11-21)15(22)10-16(23)19(17,4)24/h5,7,12-17,23-24H,6,8-11H2,1-4H3/t13?,14-,15-,16-,17-,18+,19+,20-/m0/s1. The van der Waals surface area contributed by atoms with Crippen LogP contribution >= 0.6 is 31.9 Å². The van der Waals surface area contributed by atoms with Gasteiger partial charge in [0.1, 0.15) is 0 Å². The van der Waals surface area contributed by atoms with Crippen LogP contribution in [0.5, 0.6) is 0 Å². The molecule has 24 heavy (non-hydrogen) atoms. The van der Waals surface area contributed by atoms with E-state index in [0.717, 1.165) is 18.2 Å². The average Bonchev–Trinajstić information content (AvgIpc) is 2.52. The van der Waals surface area contributed by atoms with Crippen molar-refractivity contribution in [1.82, 2.24) is 0 Å². The Kier molecular flexibility index (Phi) is 5.13. The quantitative estimate of drug-likeness (QED) is 0.451. The topological polar surface area (TPSA) is 40.5 Å². The molecule has 0 amide bonds. The molecule has 0 aromatic heterocycles. The molecule has 0 bridgehead atoms. The summed E-state index contributed by atoms with van der Waals surface area (Å²) in [5, 5.41) is 23.0. The Morgan fingerprint density at radius 1 is 1.25 bits per heavy atom. The van der Waals surface area contributed by atoms with Crippen LogP contribution in [0, 0.1) is 34.5 Å². The van der Waals surface area contributed by atoms with E-state index in [0.29, 0.717) is 24.2 Å². The van der Waals surface area contributed by atoms with Crippen molar-refractivity contribution >= 4 is 31.9 Å². The molecule has 2 fully saturated rings. The smallest absolute Gasteiger partial charge is 0.0917 e. The van der Waals surface area contributed by atoms with Gasteiger partial charge in [0.2, 0.25) is 0 Å². The summed E-state index contributed by atoms with van der Waals surface area (Å²) in [7, 11) is 0.